The number of pyridine rings is 1. The predicted molar refractivity (Wildman–Crippen MR) is 68.7 cm³/mol. The van der Waals surface area contributed by atoms with Gasteiger partial charge in [0.2, 0.25) is 5.89 Å². The molecule has 2 aromatic rings. The van der Waals surface area contributed by atoms with Crippen LogP contribution in [0.4, 0.5) is 0 Å². The first kappa shape index (κ1) is 12.1. The number of oxazole rings is 1. The predicted octanol–water partition coefficient (Wildman–Crippen LogP) is 2.83. The van der Waals surface area contributed by atoms with Gasteiger partial charge in [-0.05, 0) is 30.9 Å². The van der Waals surface area contributed by atoms with Gasteiger partial charge in [0.15, 0.2) is 11.2 Å². The lowest BCUT2D eigenvalue weighted by molar-refractivity contribution is -0.142. The van der Waals surface area contributed by atoms with E-state index in [1.54, 1.807) is 18.3 Å². The Balaban J connectivity index is 1.97. The van der Waals surface area contributed by atoms with E-state index in [0.29, 0.717) is 29.5 Å². The number of carboxylic acid groups (broad SMARTS) is 1. The van der Waals surface area contributed by atoms with Gasteiger partial charge in [0.1, 0.15) is 0 Å². The molecule has 0 bridgehead atoms. The molecule has 2 aromatic heterocycles. The molecule has 3 unspecified atom stereocenters. The smallest absolute Gasteiger partial charge is 0.307 e. The zero-order valence-electron chi connectivity index (χ0n) is 10.7. The zero-order valence-corrected chi connectivity index (χ0v) is 10.7. The third-order valence-electron chi connectivity index (χ3n) is 4.05. The van der Waals surface area contributed by atoms with Gasteiger partial charge in [0, 0.05) is 12.1 Å². The van der Waals surface area contributed by atoms with E-state index in [1.807, 2.05) is 0 Å². The Labute approximate surface area is 110 Å². The minimum absolute atomic E-state index is 0.128. The van der Waals surface area contributed by atoms with Gasteiger partial charge in [0.25, 0.3) is 0 Å². The Morgan fingerprint density at radius 1 is 1.53 bits per heavy atom. The SMILES string of the molecule is CCC1CC(C(=O)O)C(c2nc3ncccc3o2)C1. The number of aromatic nitrogens is 2. The number of aliphatic carboxylic acids is 1. The maximum Gasteiger partial charge on any atom is 0.307 e. The van der Waals surface area contributed by atoms with Gasteiger partial charge in [-0.2, -0.15) is 4.98 Å². The molecule has 0 amide bonds. The average molecular weight is 260 g/mol. The van der Waals surface area contributed by atoms with Crippen molar-refractivity contribution >= 4 is 17.2 Å². The van der Waals surface area contributed by atoms with Crippen LogP contribution in [0, 0.1) is 11.8 Å². The number of carboxylic acids is 1. The summed E-state index contributed by atoms with van der Waals surface area (Å²) in [6.45, 7) is 2.10. The van der Waals surface area contributed by atoms with Crippen molar-refractivity contribution in [3.63, 3.8) is 0 Å². The molecule has 1 N–H and O–H groups in total. The van der Waals surface area contributed by atoms with Crippen molar-refractivity contribution in [3.05, 3.63) is 24.2 Å². The van der Waals surface area contributed by atoms with Crippen LogP contribution in [0.15, 0.2) is 22.7 Å². The molecule has 3 rings (SSSR count). The second kappa shape index (κ2) is 4.64. The van der Waals surface area contributed by atoms with Crippen LogP contribution < -0.4 is 0 Å². The minimum atomic E-state index is -0.754. The van der Waals surface area contributed by atoms with E-state index in [1.165, 1.54) is 0 Å². The van der Waals surface area contributed by atoms with Gasteiger partial charge < -0.3 is 9.52 Å². The molecule has 100 valence electrons. The summed E-state index contributed by atoms with van der Waals surface area (Å²) in [5.74, 6) is -0.308. The van der Waals surface area contributed by atoms with E-state index in [-0.39, 0.29) is 5.92 Å². The molecule has 1 saturated carbocycles. The first-order valence-corrected chi connectivity index (χ1v) is 6.63. The fourth-order valence-corrected chi connectivity index (χ4v) is 2.97. The van der Waals surface area contributed by atoms with E-state index >= 15 is 0 Å². The lowest BCUT2D eigenvalue weighted by Gasteiger charge is -2.10. The molecule has 0 spiro atoms. The number of nitrogens with zero attached hydrogens (tertiary/aromatic N) is 2. The van der Waals surface area contributed by atoms with Gasteiger partial charge in [-0.1, -0.05) is 13.3 Å². The molecular formula is C14H16N2O3. The highest BCUT2D eigenvalue weighted by atomic mass is 16.4. The number of hydrogen-bond donors (Lipinski definition) is 1. The van der Waals surface area contributed by atoms with Crippen molar-refractivity contribution in [1.29, 1.82) is 0 Å². The summed E-state index contributed by atoms with van der Waals surface area (Å²) >= 11 is 0. The van der Waals surface area contributed by atoms with E-state index in [2.05, 4.69) is 16.9 Å². The molecule has 0 saturated heterocycles. The van der Waals surface area contributed by atoms with Gasteiger partial charge in [-0.15, -0.1) is 0 Å². The standard InChI is InChI=1S/C14H16N2O3/c1-2-8-6-9(10(7-8)14(17)18)13-16-12-11(19-13)4-3-5-15-12/h3-5,8-10H,2,6-7H2,1H3,(H,17,18). The highest BCUT2D eigenvalue weighted by Gasteiger charge is 2.41. The Hall–Kier alpha value is -1.91. The molecule has 1 aliphatic rings. The molecule has 0 aromatic carbocycles. The minimum Gasteiger partial charge on any atom is -0.481 e. The van der Waals surface area contributed by atoms with Gasteiger partial charge in [0.05, 0.1) is 5.92 Å². The van der Waals surface area contributed by atoms with E-state index in [9.17, 15) is 9.90 Å². The summed E-state index contributed by atoms with van der Waals surface area (Å²) in [4.78, 5) is 19.9. The molecular weight excluding hydrogens is 244 g/mol. The summed E-state index contributed by atoms with van der Waals surface area (Å²) < 4.78 is 5.69. The second-order valence-electron chi connectivity index (χ2n) is 5.17. The van der Waals surface area contributed by atoms with Crippen molar-refractivity contribution in [1.82, 2.24) is 9.97 Å². The van der Waals surface area contributed by atoms with E-state index in [0.717, 1.165) is 12.8 Å². The maximum atomic E-state index is 11.4. The molecule has 0 aliphatic heterocycles. The first-order valence-electron chi connectivity index (χ1n) is 6.63. The monoisotopic (exact) mass is 260 g/mol. The number of rotatable bonds is 3. The van der Waals surface area contributed by atoms with Crippen molar-refractivity contribution in [2.45, 2.75) is 32.1 Å². The van der Waals surface area contributed by atoms with Crippen LogP contribution in [-0.2, 0) is 4.79 Å². The molecule has 2 heterocycles. The van der Waals surface area contributed by atoms with Crippen LogP contribution in [0.2, 0.25) is 0 Å². The van der Waals surface area contributed by atoms with Crippen LogP contribution in [0.1, 0.15) is 38.0 Å². The fraction of sp³-hybridized carbons (Fsp3) is 0.500. The Bertz CT molecular complexity index is 575. The molecule has 5 nitrogen and oxygen atoms in total. The number of carbonyl (C=O) groups is 1. The Kier molecular flexibility index (Phi) is 2.97. The Morgan fingerprint density at radius 3 is 3.05 bits per heavy atom. The van der Waals surface area contributed by atoms with Crippen LogP contribution in [-0.4, -0.2) is 21.0 Å². The van der Waals surface area contributed by atoms with Crippen LogP contribution in [0.3, 0.4) is 0 Å². The molecule has 1 aliphatic carbocycles. The highest BCUT2D eigenvalue weighted by Crippen LogP contribution is 2.44. The molecule has 0 radical (unpaired) electrons. The second-order valence-corrected chi connectivity index (χ2v) is 5.17. The molecule has 19 heavy (non-hydrogen) atoms. The fourth-order valence-electron chi connectivity index (χ4n) is 2.97. The highest BCUT2D eigenvalue weighted by molar-refractivity contribution is 5.72. The quantitative estimate of drug-likeness (QED) is 0.918. The van der Waals surface area contributed by atoms with Crippen molar-refractivity contribution in [3.8, 4) is 0 Å². The van der Waals surface area contributed by atoms with Crippen LogP contribution in [0.5, 0.6) is 0 Å². The largest absolute Gasteiger partial charge is 0.481 e. The van der Waals surface area contributed by atoms with E-state index in [4.69, 9.17) is 4.42 Å². The number of fused-ring (bicyclic) bond motifs is 1. The average Bonchev–Trinajstić information content (AvgIpc) is 3.02. The normalized spacial score (nSPS) is 26.9. The lowest BCUT2D eigenvalue weighted by atomic mass is 9.96. The van der Waals surface area contributed by atoms with Gasteiger partial charge in [-0.3, -0.25) is 4.79 Å². The summed E-state index contributed by atoms with van der Waals surface area (Å²) in [7, 11) is 0. The molecule has 3 atom stereocenters. The van der Waals surface area contributed by atoms with Crippen LogP contribution >= 0.6 is 0 Å². The summed E-state index contributed by atoms with van der Waals surface area (Å²) in [6, 6.07) is 3.59. The van der Waals surface area contributed by atoms with Crippen molar-refractivity contribution in [2.75, 3.05) is 0 Å². The zero-order chi connectivity index (χ0) is 13.4. The first-order chi connectivity index (χ1) is 9.19. The summed E-state index contributed by atoms with van der Waals surface area (Å²) in [6.07, 6.45) is 4.20. The van der Waals surface area contributed by atoms with Crippen molar-refractivity contribution in [2.24, 2.45) is 11.8 Å². The van der Waals surface area contributed by atoms with Crippen molar-refractivity contribution < 1.29 is 14.3 Å². The Morgan fingerprint density at radius 2 is 2.37 bits per heavy atom. The van der Waals surface area contributed by atoms with E-state index < -0.39 is 11.9 Å². The van der Waals surface area contributed by atoms with Crippen LogP contribution in [0.25, 0.3) is 11.2 Å². The third kappa shape index (κ3) is 2.09. The maximum absolute atomic E-state index is 11.4. The van der Waals surface area contributed by atoms with Gasteiger partial charge >= 0.3 is 5.97 Å². The number of hydrogen-bond acceptors (Lipinski definition) is 4. The molecule has 5 heteroatoms. The summed E-state index contributed by atoms with van der Waals surface area (Å²) in [5, 5.41) is 9.35. The summed E-state index contributed by atoms with van der Waals surface area (Å²) in [5.41, 5.74) is 1.18. The third-order valence-corrected chi connectivity index (χ3v) is 4.05. The topological polar surface area (TPSA) is 76.2 Å². The lowest BCUT2D eigenvalue weighted by Crippen LogP contribution is -2.17. The van der Waals surface area contributed by atoms with Gasteiger partial charge in [-0.25, -0.2) is 4.98 Å². The molecule has 1 fully saturated rings.